The molecule has 1 saturated heterocycles. The summed E-state index contributed by atoms with van der Waals surface area (Å²) in [5.41, 5.74) is 0.866. The van der Waals surface area contributed by atoms with E-state index in [-0.39, 0.29) is 5.92 Å². The van der Waals surface area contributed by atoms with E-state index < -0.39 is 5.60 Å². The molecule has 20 heavy (non-hydrogen) atoms. The van der Waals surface area contributed by atoms with Crippen LogP contribution in [-0.4, -0.2) is 22.8 Å². The van der Waals surface area contributed by atoms with Crippen molar-refractivity contribution in [1.82, 2.24) is 0 Å². The minimum atomic E-state index is -0.456. The molecular formula is C17H19BrO2. The Morgan fingerprint density at radius 3 is 2.65 bits per heavy atom. The molecule has 3 saturated carbocycles. The van der Waals surface area contributed by atoms with Gasteiger partial charge < -0.3 is 4.74 Å². The normalized spacial score (nSPS) is 43.4. The molecule has 0 radical (unpaired) electrons. The number of carbonyl (C=O) groups is 1. The van der Waals surface area contributed by atoms with Gasteiger partial charge in [0.1, 0.15) is 5.60 Å². The lowest BCUT2D eigenvalue weighted by atomic mass is 9.55. The van der Waals surface area contributed by atoms with Gasteiger partial charge in [0.25, 0.3) is 0 Å². The average molecular weight is 335 g/mol. The molecule has 5 atom stereocenters. The molecule has 0 aromatic heterocycles. The summed E-state index contributed by atoms with van der Waals surface area (Å²) in [6.45, 7) is 0.755. The van der Waals surface area contributed by atoms with Gasteiger partial charge >= 0.3 is 0 Å². The van der Waals surface area contributed by atoms with Gasteiger partial charge in [-0.2, -0.15) is 0 Å². The third kappa shape index (κ3) is 1.69. The molecule has 1 aliphatic heterocycles. The summed E-state index contributed by atoms with van der Waals surface area (Å²) in [7, 11) is 0. The molecule has 3 heteroatoms. The first-order valence-corrected chi connectivity index (χ1v) is 8.51. The highest BCUT2D eigenvalue weighted by Gasteiger charge is 2.62. The Kier molecular flexibility index (Phi) is 3.04. The van der Waals surface area contributed by atoms with Gasteiger partial charge in [-0.15, -0.1) is 0 Å². The third-order valence-electron chi connectivity index (χ3n) is 5.54. The van der Waals surface area contributed by atoms with Gasteiger partial charge in [-0.25, -0.2) is 0 Å². The smallest absolute Gasteiger partial charge is 0.168 e. The third-order valence-corrected chi connectivity index (χ3v) is 6.55. The quantitative estimate of drug-likeness (QED) is 0.732. The monoisotopic (exact) mass is 334 g/mol. The number of halogens is 1. The van der Waals surface area contributed by atoms with Crippen LogP contribution >= 0.6 is 15.9 Å². The van der Waals surface area contributed by atoms with E-state index in [4.69, 9.17) is 4.74 Å². The van der Waals surface area contributed by atoms with Crippen molar-refractivity contribution in [2.75, 3.05) is 6.61 Å². The molecule has 4 fully saturated rings. The largest absolute Gasteiger partial charge is 0.367 e. The van der Waals surface area contributed by atoms with Crippen molar-refractivity contribution in [3.05, 3.63) is 35.9 Å². The van der Waals surface area contributed by atoms with Crippen LogP contribution in [0.2, 0.25) is 0 Å². The van der Waals surface area contributed by atoms with Crippen molar-refractivity contribution < 1.29 is 9.53 Å². The lowest BCUT2D eigenvalue weighted by Gasteiger charge is -2.53. The van der Waals surface area contributed by atoms with Crippen molar-refractivity contribution in [2.45, 2.75) is 42.0 Å². The summed E-state index contributed by atoms with van der Waals surface area (Å²) in [6.07, 6.45) is 4.01. The van der Waals surface area contributed by atoms with Gasteiger partial charge in [-0.3, -0.25) is 4.79 Å². The molecular weight excluding hydrogens is 316 g/mol. The summed E-state index contributed by atoms with van der Waals surface area (Å²) in [4.78, 5) is 13.4. The first-order valence-electron chi connectivity index (χ1n) is 7.60. The minimum absolute atomic E-state index is 0.130. The maximum Gasteiger partial charge on any atom is 0.168 e. The number of ketones is 1. The molecule has 0 N–H and O–H groups in total. The van der Waals surface area contributed by atoms with E-state index in [1.54, 1.807) is 0 Å². The van der Waals surface area contributed by atoms with Crippen molar-refractivity contribution in [3.63, 3.8) is 0 Å². The second-order valence-corrected chi connectivity index (χ2v) is 7.60. The van der Waals surface area contributed by atoms with E-state index in [0.717, 1.165) is 32.3 Å². The van der Waals surface area contributed by atoms with Crippen LogP contribution in [0.3, 0.4) is 0 Å². The number of fused-ring (bicyclic) bond motifs is 2. The fourth-order valence-electron chi connectivity index (χ4n) is 4.64. The maximum absolute atomic E-state index is 13.0. The molecule has 0 amide bonds. The Morgan fingerprint density at radius 1 is 1.15 bits per heavy atom. The zero-order valence-corrected chi connectivity index (χ0v) is 13.0. The first-order chi connectivity index (χ1) is 9.72. The second kappa shape index (κ2) is 4.67. The molecule has 1 heterocycles. The Bertz CT molecular complexity index is 521. The highest BCUT2D eigenvalue weighted by atomic mass is 79.9. The SMILES string of the molecule is O=C1C2CC(Br)C(CC2c2ccccc2)[C@@]12CCCO2. The van der Waals surface area contributed by atoms with Crippen LogP contribution in [0.1, 0.15) is 37.2 Å². The number of hydrogen-bond donors (Lipinski definition) is 0. The van der Waals surface area contributed by atoms with E-state index in [9.17, 15) is 4.79 Å². The number of Topliss-reactive ketones (excluding diaryl/α,β-unsaturated/α-hetero) is 1. The Balaban J connectivity index is 1.72. The summed E-state index contributed by atoms with van der Waals surface area (Å²) >= 11 is 3.83. The molecule has 1 spiro atoms. The number of benzene rings is 1. The molecule has 4 unspecified atom stereocenters. The van der Waals surface area contributed by atoms with E-state index in [0.29, 0.717) is 22.4 Å². The number of hydrogen-bond acceptors (Lipinski definition) is 2. The van der Waals surface area contributed by atoms with E-state index in [1.165, 1.54) is 5.56 Å². The number of carbonyl (C=O) groups excluding carboxylic acids is 1. The number of alkyl halides is 1. The van der Waals surface area contributed by atoms with Crippen molar-refractivity contribution >= 4 is 21.7 Å². The number of ether oxygens (including phenoxy) is 1. The molecule has 3 aliphatic carbocycles. The highest BCUT2D eigenvalue weighted by Crippen LogP contribution is 2.57. The van der Waals surface area contributed by atoms with E-state index >= 15 is 0 Å². The number of rotatable bonds is 1. The van der Waals surface area contributed by atoms with Crippen molar-refractivity contribution in [2.24, 2.45) is 11.8 Å². The Hall–Kier alpha value is -0.670. The van der Waals surface area contributed by atoms with Crippen molar-refractivity contribution in [1.29, 1.82) is 0 Å². The van der Waals surface area contributed by atoms with Crippen LogP contribution in [0, 0.1) is 11.8 Å². The molecule has 2 bridgehead atoms. The van der Waals surface area contributed by atoms with Gasteiger partial charge in [0.2, 0.25) is 0 Å². The zero-order chi connectivity index (χ0) is 13.7. The van der Waals surface area contributed by atoms with Gasteiger partial charge in [-0.1, -0.05) is 46.3 Å². The maximum atomic E-state index is 13.0. The van der Waals surface area contributed by atoms with Crippen LogP contribution in [0.4, 0.5) is 0 Å². The fraction of sp³-hybridized carbons (Fsp3) is 0.588. The fourth-order valence-corrected chi connectivity index (χ4v) is 5.69. The van der Waals surface area contributed by atoms with E-state index in [2.05, 4.69) is 40.2 Å². The summed E-state index contributed by atoms with van der Waals surface area (Å²) < 4.78 is 6.00. The second-order valence-electron chi connectivity index (χ2n) is 6.42. The van der Waals surface area contributed by atoms with Crippen LogP contribution in [-0.2, 0) is 9.53 Å². The van der Waals surface area contributed by atoms with Crippen LogP contribution in [0.15, 0.2) is 30.3 Å². The molecule has 1 aromatic rings. The van der Waals surface area contributed by atoms with Gasteiger partial charge in [0, 0.05) is 23.3 Å². The van der Waals surface area contributed by atoms with Crippen LogP contribution in [0.5, 0.6) is 0 Å². The van der Waals surface area contributed by atoms with Crippen LogP contribution in [0.25, 0.3) is 0 Å². The zero-order valence-electron chi connectivity index (χ0n) is 11.4. The molecule has 1 aromatic carbocycles. The molecule has 106 valence electrons. The first kappa shape index (κ1) is 13.0. The molecule has 5 rings (SSSR count). The van der Waals surface area contributed by atoms with E-state index in [1.807, 2.05) is 6.07 Å². The Labute approximate surface area is 128 Å². The lowest BCUT2D eigenvalue weighted by molar-refractivity contribution is -0.165. The standard InChI is InChI=1S/C17H19BrO2/c18-15-10-13-12(11-5-2-1-3-6-11)9-14(15)17(16(13)19)7-4-8-20-17/h1-3,5-6,12-15H,4,7-10H2/t12?,13?,14?,15?,17-/m0/s1. The molecule has 4 aliphatic rings. The summed E-state index contributed by atoms with van der Waals surface area (Å²) in [5, 5.41) is 0. The average Bonchev–Trinajstić information content (AvgIpc) is 2.95. The lowest BCUT2D eigenvalue weighted by Crippen LogP contribution is -2.61. The topological polar surface area (TPSA) is 26.3 Å². The van der Waals surface area contributed by atoms with Gasteiger partial charge in [-0.05, 0) is 37.2 Å². The van der Waals surface area contributed by atoms with Gasteiger partial charge in [0.05, 0.1) is 0 Å². The summed E-state index contributed by atoms with van der Waals surface area (Å²) in [6, 6.07) is 10.5. The van der Waals surface area contributed by atoms with Crippen LogP contribution < -0.4 is 0 Å². The Morgan fingerprint density at radius 2 is 1.95 bits per heavy atom. The van der Waals surface area contributed by atoms with Crippen molar-refractivity contribution in [3.8, 4) is 0 Å². The van der Waals surface area contributed by atoms with Gasteiger partial charge in [0.15, 0.2) is 5.78 Å². The highest BCUT2D eigenvalue weighted by molar-refractivity contribution is 9.09. The minimum Gasteiger partial charge on any atom is -0.367 e. The molecule has 2 nitrogen and oxygen atoms in total. The predicted octanol–water partition coefficient (Wildman–Crippen LogP) is 3.69. The predicted molar refractivity (Wildman–Crippen MR) is 81.0 cm³/mol. The summed E-state index contributed by atoms with van der Waals surface area (Å²) in [5.74, 6) is 1.24.